The van der Waals surface area contributed by atoms with Crippen LogP contribution in [0.5, 0.6) is 0 Å². The van der Waals surface area contributed by atoms with E-state index < -0.39 is 0 Å². The number of hydrogen-bond acceptors (Lipinski definition) is 2. The molecule has 1 aromatic heterocycles. The molecule has 2 aromatic rings. The summed E-state index contributed by atoms with van der Waals surface area (Å²) in [6.45, 7) is 0.899. The molecule has 4 atom stereocenters. The lowest BCUT2D eigenvalue weighted by molar-refractivity contribution is -0.133. The van der Waals surface area contributed by atoms with Gasteiger partial charge in [0.1, 0.15) is 0 Å². The summed E-state index contributed by atoms with van der Waals surface area (Å²) >= 11 is 6.57. The summed E-state index contributed by atoms with van der Waals surface area (Å²) in [6.07, 6.45) is 12.3. The van der Waals surface area contributed by atoms with Crippen molar-refractivity contribution in [2.75, 3.05) is 6.54 Å². The number of likely N-dealkylation sites (tertiary alicyclic amines) is 1. The number of fused-ring (bicyclic) bond motifs is 2. The fourth-order valence-electron chi connectivity index (χ4n) is 5.08. The predicted octanol–water partition coefficient (Wildman–Crippen LogP) is 4.76. The molecule has 0 N–H and O–H groups in total. The van der Waals surface area contributed by atoms with Crippen LogP contribution in [0.1, 0.15) is 24.8 Å². The Morgan fingerprint density at radius 2 is 2.07 bits per heavy atom. The topological polar surface area (TPSA) is 33.2 Å². The largest absolute Gasteiger partial charge is 0.339 e. The third-order valence-electron chi connectivity index (χ3n) is 6.51. The molecular weight excluding hydrogens is 356 g/mol. The average molecular weight is 379 g/mol. The molecule has 1 amide bonds. The number of halogens is 1. The van der Waals surface area contributed by atoms with Gasteiger partial charge in [-0.05, 0) is 60.8 Å². The molecule has 4 heteroatoms. The van der Waals surface area contributed by atoms with Gasteiger partial charge in [-0.3, -0.25) is 9.78 Å². The number of hydrogen-bond donors (Lipinski definition) is 0. The first-order chi connectivity index (χ1) is 13.2. The summed E-state index contributed by atoms with van der Waals surface area (Å²) < 4.78 is 0. The first kappa shape index (κ1) is 17.0. The first-order valence-electron chi connectivity index (χ1n) is 9.86. The van der Waals surface area contributed by atoms with Crippen molar-refractivity contribution in [2.24, 2.45) is 17.8 Å². The van der Waals surface area contributed by atoms with Gasteiger partial charge in [0, 0.05) is 41.5 Å². The Balaban J connectivity index is 1.30. The maximum absolute atomic E-state index is 13.0. The standard InChI is InChI=1S/C23H23ClN2O/c24-21-13-16(20-2-1-8-25-14-20)5-6-17(21)12-19-7-9-26(23(19)27)22-11-15-3-4-18(22)10-15/h1-6,8,13-15,18-19,22H,7,9-12H2. The molecule has 27 heavy (non-hydrogen) atoms. The second-order valence-corrected chi connectivity index (χ2v) is 8.52. The Morgan fingerprint density at radius 3 is 2.78 bits per heavy atom. The lowest BCUT2D eigenvalue weighted by Crippen LogP contribution is -2.40. The average Bonchev–Trinajstić information content (AvgIpc) is 3.40. The van der Waals surface area contributed by atoms with Crippen LogP contribution in [0, 0.1) is 17.8 Å². The number of pyridine rings is 1. The lowest BCUT2D eigenvalue weighted by atomic mass is 9.95. The molecule has 1 aromatic carbocycles. The summed E-state index contributed by atoms with van der Waals surface area (Å²) in [6, 6.07) is 10.5. The Labute approximate surface area is 165 Å². The number of nitrogens with zero attached hydrogens (tertiary/aromatic N) is 2. The summed E-state index contributed by atoms with van der Waals surface area (Å²) in [5.74, 6) is 1.67. The van der Waals surface area contributed by atoms with Gasteiger partial charge in [0.25, 0.3) is 0 Å². The quantitative estimate of drug-likeness (QED) is 0.719. The fourth-order valence-corrected chi connectivity index (χ4v) is 5.34. The molecule has 138 valence electrons. The SMILES string of the molecule is O=C1C(Cc2ccc(-c3cccnc3)cc2Cl)CCN1C1CC2C=CC1C2. The van der Waals surface area contributed by atoms with E-state index in [1.165, 1.54) is 6.42 Å². The highest BCUT2D eigenvalue weighted by Gasteiger charge is 2.44. The van der Waals surface area contributed by atoms with E-state index in [2.05, 4.69) is 34.2 Å². The number of allylic oxidation sites excluding steroid dienone is 1. The van der Waals surface area contributed by atoms with Crippen molar-refractivity contribution in [3.05, 3.63) is 65.5 Å². The molecule has 1 saturated heterocycles. The van der Waals surface area contributed by atoms with Crippen molar-refractivity contribution >= 4 is 17.5 Å². The van der Waals surface area contributed by atoms with Gasteiger partial charge in [-0.25, -0.2) is 0 Å². The van der Waals surface area contributed by atoms with Gasteiger partial charge in [-0.15, -0.1) is 0 Å². The monoisotopic (exact) mass is 378 g/mol. The molecule has 0 spiro atoms. The smallest absolute Gasteiger partial charge is 0.226 e. The van der Waals surface area contributed by atoms with E-state index >= 15 is 0 Å². The van der Waals surface area contributed by atoms with Crippen molar-refractivity contribution in [3.63, 3.8) is 0 Å². The van der Waals surface area contributed by atoms with Crippen molar-refractivity contribution in [2.45, 2.75) is 31.7 Å². The molecular formula is C23H23ClN2O. The second kappa shape index (κ2) is 6.79. The summed E-state index contributed by atoms with van der Waals surface area (Å²) in [5, 5.41) is 0.741. The van der Waals surface area contributed by atoms with E-state index in [0.717, 1.165) is 47.5 Å². The van der Waals surface area contributed by atoms with Crippen molar-refractivity contribution in [3.8, 4) is 11.1 Å². The number of benzene rings is 1. The zero-order valence-corrected chi connectivity index (χ0v) is 16.0. The normalized spacial score (nSPS) is 29.1. The Hall–Kier alpha value is -2.13. The van der Waals surface area contributed by atoms with Crippen LogP contribution in [0.3, 0.4) is 0 Å². The number of carbonyl (C=O) groups excluding carboxylic acids is 1. The molecule has 2 aliphatic carbocycles. The van der Waals surface area contributed by atoms with Gasteiger partial charge < -0.3 is 4.90 Å². The highest BCUT2D eigenvalue weighted by molar-refractivity contribution is 6.31. The summed E-state index contributed by atoms with van der Waals surface area (Å²) in [4.78, 5) is 19.4. The molecule has 2 fully saturated rings. The molecule has 3 aliphatic rings. The summed E-state index contributed by atoms with van der Waals surface area (Å²) in [7, 11) is 0. The Morgan fingerprint density at radius 1 is 1.15 bits per heavy atom. The zero-order chi connectivity index (χ0) is 18.4. The van der Waals surface area contributed by atoms with Crippen LogP contribution in [0.2, 0.25) is 5.02 Å². The second-order valence-electron chi connectivity index (χ2n) is 8.12. The zero-order valence-electron chi connectivity index (χ0n) is 15.2. The molecule has 5 rings (SSSR count). The minimum Gasteiger partial charge on any atom is -0.339 e. The Bertz CT molecular complexity index is 895. The van der Waals surface area contributed by atoms with E-state index in [1.54, 1.807) is 6.20 Å². The number of rotatable bonds is 4. The van der Waals surface area contributed by atoms with E-state index in [4.69, 9.17) is 11.6 Å². The lowest BCUT2D eigenvalue weighted by Gasteiger charge is -2.29. The maximum atomic E-state index is 13.0. The van der Waals surface area contributed by atoms with Crippen LogP contribution in [-0.4, -0.2) is 28.4 Å². The van der Waals surface area contributed by atoms with Gasteiger partial charge >= 0.3 is 0 Å². The highest BCUT2D eigenvalue weighted by atomic mass is 35.5. The molecule has 0 radical (unpaired) electrons. The van der Waals surface area contributed by atoms with E-state index in [1.807, 2.05) is 24.4 Å². The van der Waals surface area contributed by atoms with E-state index in [9.17, 15) is 4.79 Å². The van der Waals surface area contributed by atoms with Crippen molar-refractivity contribution < 1.29 is 4.79 Å². The van der Waals surface area contributed by atoms with Crippen LogP contribution in [0.15, 0.2) is 54.9 Å². The molecule has 2 bridgehead atoms. The van der Waals surface area contributed by atoms with Gasteiger partial charge in [0.2, 0.25) is 5.91 Å². The molecule has 3 nitrogen and oxygen atoms in total. The highest BCUT2D eigenvalue weighted by Crippen LogP contribution is 2.43. The van der Waals surface area contributed by atoms with E-state index in [-0.39, 0.29) is 5.92 Å². The van der Waals surface area contributed by atoms with Gasteiger partial charge in [-0.2, -0.15) is 0 Å². The third-order valence-corrected chi connectivity index (χ3v) is 6.86. The van der Waals surface area contributed by atoms with Gasteiger partial charge in [0.15, 0.2) is 0 Å². The van der Waals surface area contributed by atoms with E-state index in [0.29, 0.717) is 23.8 Å². The molecule has 1 saturated carbocycles. The number of amides is 1. The maximum Gasteiger partial charge on any atom is 0.226 e. The van der Waals surface area contributed by atoms with Crippen molar-refractivity contribution in [1.82, 2.24) is 9.88 Å². The summed E-state index contributed by atoms with van der Waals surface area (Å²) in [5.41, 5.74) is 3.18. The van der Waals surface area contributed by atoms with Crippen LogP contribution in [0.4, 0.5) is 0 Å². The number of aromatic nitrogens is 1. The minimum atomic E-state index is 0.0647. The molecule has 1 aliphatic heterocycles. The van der Waals surface area contributed by atoms with Crippen LogP contribution >= 0.6 is 11.6 Å². The molecule has 4 unspecified atom stereocenters. The predicted molar refractivity (Wildman–Crippen MR) is 107 cm³/mol. The van der Waals surface area contributed by atoms with Crippen LogP contribution in [0.25, 0.3) is 11.1 Å². The Kier molecular flexibility index (Phi) is 4.28. The van der Waals surface area contributed by atoms with Gasteiger partial charge in [-0.1, -0.05) is 42.0 Å². The van der Waals surface area contributed by atoms with Crippen LogP contribution < -0.4 is 0 Å². The molecule has 2 heterocycles. The number of carbonyl (C=O) groups is 1. The van der Waals surface area contributed by atoms with Crippen molar-refractivity contribution in [1.29, 1.82) is 0 Å². The third kappa shape index (κ3) is 3.08. The van der Waals surface area contributed by atoms with Crippen LogP contribution in [-0.2, 0) is 11.2 Å². The van der Waals surface area contributed by atoms with Gasteiger partial charge in [0.05, 0.1) is 0 Å². The fraction of sp³-hybridized carbons (Fsp3) is 0.391. The minimum absolute atomic E-state index is 0.0647. The first-order valence-corrected chi connectivity index (χ1v) is 10.2.